The number of carbonyl (C=O) groups excluding carboxylic acids is 2. The number of aryl methyl sites for hydroxylation is 1. The van der Waals surface area contributed by atoms with Crippen LogP contribution >= 0.6 is 11.6 Å². The Labute approximate surface area is 163 Å². The molecule has 0 radical (unpaired) electrons. The van der Waals surface area contributed by atoms with Crippen LogP contribution in [0.25, 0.3) is 0 Å². The maximum absolute atomic E-state index is 12.5. The van der Waals surface area contributed by atoms with E-state index in [4.69, 9.17) is 11.6 Å². The van der Waals surface area contributed by atoms with Gasteiger partial charge < -0.3 is 5.32 Å². The molecule has 0 aliphatic carbocycles. The molecule has 1 heterocycles. The van der Waals surface area contributed by atoms with Crippen LogP contribution in [0.5, 0.6) is 0 Å². The molecule has 27 heavy (non-hydrogen) atoms. The lowest BCUT2D eigenvalue weighted by molar-refractivity contribution is -0.123. The van der Waals surface area contributed by atoms with Crippen LogP contribution in [0.2, 0.25) is 5.02 Å². The molecule has 1 aliphatic heterocycles. The topological polar surface area (TPSA) is 83.6 Å². The third-order valence-electron chi connectivity index (χ3n) is 4.40. The molecule has 0 unspecified atom stereocenters. The van der Waals surface area contributed by atoms with Crippen molar-refractivity contribution in [3.8, 4) is 0 Å². The quantitative estimate of drug-likeness (QED) is 0.844. The van der Waals surface area contributed by atoms with Gasteiger partial charge >= 0.3 is 0 Å². The summed E-state index contributed by atoms with van der Waals surface area (Å²) in [5.74, 6) is -1.08. The molecule has 1 fully saturated rings. The molecule has 1 N–H and O–H groups in total. The monoisotopic (exact) mass is 406 g/mol. The van der Waals surface area contributed by atoms with E-state index in [1.165, 1.54) is 24.3 Å². The first-order chi connectivity index (χ1) is 12.5. The molecule has 1 saturated heterocycles. The van der Waals surface area contributed by atoms with Crippen LogP contribution in [0.4, 0.5) is 11.4 Å². The third-order valence-corrected chi connectivity index (χ3v) is 6.65. The summed E-state index contributed by atoms with van der Waals surface area (Å²) in [5, 5.41) is 3.28. The molecule has 0 atom stereocenters. The minimum atomic E-state index is -3.72. The summed E-state index contributed by atoms with van der Waals surface area (Å²) in [6.07, 6.45) is 0. The number of benzene rings is 2. The number of sulfonamides is 1. The highest BCUT2D eigenvalue weighted by Gasteiger charge is 2.49. The smallest absolute Gasteiger partial charge is 0.255 e. The van der Waals surface area contributed by atoms with E-state index in [-0.39, 0.29) is 17.3 Å². The first-order valence-electron chi connectivity index (χ1n) is 8.26. The number of hydrogen-bond donors (Lipinski definition) is 1. The number of carbonyl (C=O) groups is 2. The average molecular weight is 407 g/mol. The molecule has 142 valence electrons. The van der Waals surface area contributed by atoms with Crippen molar-refractivity contribution in [2.75, 3.05) is 15.4 Å². The standard InChI is InChI=1S/C19H19ClN2O4S/c1-12-4-7-14(20)10-16(12)21-17(23)13-5-8-15(9-6-13)22-18(24)19(2,3)11-27(22,25)26/h4-10H,11H2,1-3H3,(H,21,23). The second kappa shape index (κ2) is 6.65. The fourth-order valence-electron chi connectivity index (χ4n) is 2.93. The number of halogens is 1. The van der Waals surface area contributed by atoms with Crippen molar-refractivity contribution in [2.45, 2.75) is 20.8 Å². The van der Waals surface area contributed by atoms with E-state index < -0.39 is 21.3 Å². The Morgan fingerprint density at radius 2 is 1.78 bits per heavy atom. The Kier molecular flexibility index (Phi) is 4.78. The van der Waals surface area contributed by atoms with E-state index in [2.05, 4.69) is 5.32 Å². The van der Waals surface area contributed by atoms with Crippen LogP contribution < -0.4 is 9.62 Å². The highest BCUT2D eigenvalue weighted by atomic mass is 35.5. The van der Waals surface area contributed by atoms with Crippen molar-refractivity contribution in [1.82, 2.24) is 0 Å². The van der Waals surface area contributed by atoms with E-state index in [1.807, 2.05) is 6.92 Å². The Morgan fingerprint density at radius 3 is 2.33 bits per heavy atom. The Morgan fingerprint density at radius 1 is 1.15 bits per heavy atom. The van der Waals surface area contributed by atoms with Gasteiger partial charge in [-0.2, -0.15) is 0 Å². The van der Waals surface area contributed by atoms with E-state index in [0.29, 0.717) is 16.3 Å². The second-order valence-corrected chi connectivity index (χ2v) is 9.42. The van der Waals surface area contributed by atoms with Gasteiger partial charge in [-0.1, -0.05) is 17.7 Å². The van der Waals surface area contributed by atoms with Crippen LogP contribution in [0.3, 0.4) is 0 Å². The molecular weight excluding hydrogens is 388 g/mol. The molecule has 8 heteroatoms. The first kappa shape index (κ1) is 19.4. The summed E-state index contributed by atoms with van der Waals surface area (Å²) >= 11 is 5.96. The van der Waals surface area contributed by atoms with Crippen molar-refractivity contribution < 1.29 is 18.0 Å². The zero-order chi connectivity index (χ0) is 20.0. The molecule has 2 aromatic rings. The lowest BCUT2D eigenvalue weighted by Crippen LogP contribution is -2.32. The van der Waals surface area contributed by atoms with Crippen molar-refractivity contribution in [3.05, 3.63) is 58.6 Å². The van der Waals surface area contributed by atoms with E-state index >= 15 is 0 Å². The van der Waals surface area contributed by atoms with Gasteiger partial charge in [-0.15, -0.1) is 0 Å². The molecule has 2 aromatic carbocycles. The second-order valence-electron chi connectivity index (χ2n) is 7.17. The van der Waals surface area contributed by atoms with Crippen molar-refractivity contribution in [1.29, 1.82) is 0 Å². The first-order valence-corrected chi connectivity index (χ1v) is 10.2. The molecule has 1 aliphatic rings. The van der Waals surface area contributed by atoms with Crippen LogP contribution in [0, 0.1) is 12.3 Å². The number of nitrogens with zero attached hydrogens (tertiary/aromatic N) is 1. The average Bonchev–Trinajstić information content (AvgIpc) is 2.74. The fourth-order valence-corrected chi connectivity index (χ4v) is 5.21. The molecule has 0 spiro atoms. The predicted octanol–water partition coefficient (Wildman–Crippen LogP) is 3.60. The summed E-state index contributed by atoms with van der Waals surface area (Å²) < 4.78 is 25.5. The molecule has 2 amide bonds. The highest BCUT2D eigenvalue weighted by Crippen LogP contribution is 2.35. The highest BCUT2D eigenvalue weighted by molar-refractivity contribution is 7.94. The Bertz CT molecular complexity index is 1030. The van der Waals surface area contributed by atoms with Gasteiger partial charge in [0.2, 0.25) is 15.9 Å². The lowest BCUT2D eigenvalue weighted by atomic mass is 9.95. The maximum atomic E-state index is 12.5. The fraction of sp³-hybridized carbons (Fsp3) is 0.263. The Hall–Kier alpha value is -2.38. The van der Waals surface area contributed by atoms with Gasteiger partial charge in [0.05, 0.1) is 16.9 Å². The summed E-state index contributed by atoms with van der Waals surface area (Å²) in [5.41, 5.74) is 1.04. The van der Waals surface area contributed by atoms with Crippen molar-refractivity contribution in [2.24, 2.45) is 5.41 Å². The third kappa shape index (κ3) is 3.70. The summed E-state index contributed by atoms with van der Waals surface area (Å²) in [6.45, 7) is 5.05. The minimum Gasteiger partial charge on any atom is -0.322 e. The number of hydrogen-bond acceptors (Lipinski definition) is 4. The molecule has 6 nitrogen and oxygen atoms in total. The van der Waals surface area contributed by atoms with Gasteiger partial charge in [-0.3, -0.25) is 9.59 Å². The molecular formula is C19H19ClN2O4S. The number of anilines is 2. The largest absolute Gasteiger partial charge is 0.322 e. The molecule has 0 saturated carbocycles. The maximum Gasteiger partial charge on any atom is 0.255 e. The van der Waals surface area contributed by atoms with Crippen LogP contribution in [-0.4, -0.2) is 26.0 Å². The van der Waals surface area contributed by atoms with E-state index in [0.717, 1.165) is 9.87 Å². The molecule has 3 rings (SSSR count). The summed E-state index contributed by atoms with van der Waals surface area (Å²) in [7, 11) is -3.72. The van der Waals surface area contributed by atoms with E-state index in [1.54, 1.807) is 32.0 Å². The van der Waals surface area contributed by atoms with Gasteiger partial charge in [-0.05, 0) is 62.7 Å². The number of amides is 2. The van der Waals surface area contributed by atoms with Crippen LogP contribution in [0.1, 0.15) is 29.8 Å². The Balaban J connectivity index is 1.84. The summed E-state index contributed by atoms with van der Waals surface area (Å²) in [4.78, 5) is 24.9. The van der Waals surface area contributed by atoms with Gasteiger partial charge in [0.1, 0.15) is 0 Å². The van der Waals surface area contributed by atoms with Crippen molar-refractivity contribution >= 4 is 44.8 Å². The lowest BCUT2D eigenvalue weighted by Gasteiger charge is -2.17. The van der Waals surface area contributed by atoms with Crippen LogP contribution in [-0.2, 0) is 14.8 Å². The summed E-state index contributed by atoms with van der Waals surface area (Å²) in [6, 6.07) is 11.1. The zero-order valence-electron chi connectivity index (χ0n) is 15.1. The molecule has 0 aromatic heterocycles. The SMILES string of the molecule is Cc1ccc(Cl)cc1NC(=O)c1ccc(N2C(=O)C(C)(C)CS2(=O)=O)cc1. The number of rotatable bonds is 3. The van der Waals surface area contributed by atoms with Crippen LogP contribution in [0.15, 0.2) is 42.5 Å². The zero-order valence-corrected chi connectivity index (χ0v) is 16.7. The van der Waals surface area contributed by atoms with Gasteiger partial charge in [0.15, 0.2) is 0 Å². The minimum absolute atomic E-state index is 0.223. The van der Waals surface area contributed by atoms with Gasteiger partial charge in [0.25, 0.3) is 5.91 Å². The van der Waals surface area contributed by atoms with E-state index in [9.17, 15) is 18.0 Å². The van der Waals surface area contributed by atoms with Crippen molar-refractivity contribution in [3.63, 3.8) is 0 Å². The molecule has 0 bridgehead atoms. The predicted molar refractivity (Wildman–Crippen MR) is 106 cm³/mol. The van der Waals surface area contributed by atoms with Gasteiger partial charge in [-0.25, -0.2) is 12.7 Å². The number of nitrogens with one attached hydrogen (secondary N) is 1. The van der Waals surface area contributed by atoms with Gasteiger partial charge in [0, 0.05) is 16.3 Å². The normalized spacial score (nSPS) is 17.8.